The van der Waals surface area contributed by atoms with Crippen molar-refractivity contribution in [3.05, 3.63) is 71.8 Å². The quantitative estimate of drug-likeness (QED) is 0.416. The van der Waals surface area contributed by atoms with Gasteiger partial charge in [-0.05, 0) is 25.2 Å². The normalized spacial score (nSPS) is 10.5. The lowest BCUT2D eigenvalue weighted by molar-refractivity contribution is -0.117. The predicted molar refractivity (Wildman–Crippen MR) is 138 cm³/mol. The highest BCUT2D eigenvalue weighted by Crippen LogP contribution is 2.37. The summed E-state index contributed by atoms with van der Waals surface area (Å²) in [6, 6.07) is 17.7. The molecule has 0 saturated heterocycles. The summed E-state index contributed by atoms with van der Waals surface area (Å²) in [4.78, 5) is 27.3. The number of carbonyl (C=O) groups excluding carboxylic acids is 2. The topological polar surface area (TPSA) is 98.4 Å². The van der Waals surface area contributed by atoms with E-state index in [4.69, 9.17) is 18.9 Å². The van der Waals surface area contributed by atoms with Crippen LogP contribution in [-0.2, 0) is 11.3 Å². The van der Waals surface area contributed by atoms with Crippen molar-refractivity contribution in [1.29, 1.82) is 0 Å². The Balaban J connectivity index is 1.71. The maximum absolute atomic E-state index is 12.8. The molecule has 2 N–H and O–H groups in total. The zero-order valence-corrected chi connectivity index (χ0v) is 21.1. The van der Waals surface area contributed by atoms with Crippen LogP contribution in [0, 0.1) is 0 Å². The minimum absolute atomic E-state index is 0.109. The maximum atomic E-state index is 12.8. The number of nitrogens with zero attached hydrogens (tertiary/aromatic N) is 1. The number of para-hydroxylation sites is 1. The Morgan fingerprint density at radius 1 is 0.750 bits per heavy atom. The van der Waals surface area contributed by atoms with Crippen LogP contribution in [0.1, 0.15) is 15.9 Å². The summed E-state index contributed by atoms with van der Waals surface area (Å²) in [6.45, 7) is 0.580. The molecule has 0 bridgehead atoms. The van der Waals surface area contributed by atoms with E-state index in [0.29, 0.717) is 46.5 Å². The Hall–Kier alpha value is -4.24. The third kappa shape index (κ3) is 6.45. The van der Waals surface area contributed by atoms with E-state index in [1.165, 1.54) is 14.2 Å². The Morgan fingerprint density at radius 3 is 1.94 bits per heavy atom. The molecule has 36 heavy (non-hydrogen) atoms. The van der Waals surface area contributed by atoms with Crippen molar-refractivity contribution in [3.8, 4) is 23.0 Å². The molecule has 0 aliphatic carbocycles. The predicted octanol–water partition coefficient (Wildman–Crippen LogP) is 4.04. The number of benzene rings is 3. The van der Waals surface area contributed by atoms with Crippen LogP contribution in [0.25, 0.3) is 0 Å². The average Bonchev–Trinajstić information content (AvgIpc) is 2.89. The van der Waals surface area contributed by atoms with Crippen molar-refractivity contribution in [3.63, 3.8) is 0 Å². The Bertz CT molecular complexity index is 1200. The number of anilines is 2. The van der Waals surface area contributed by atoms with Crippen LogP contribution in [0.4, 0.5) is 11.4 Å². The number of amides is 2. The molecule has 0 atom stereocenters. The largest absolute Gasteiger partial charge is 0.494 e. The van der Waals surface area contributed by atoms with Crippen LogP contribution >= 0.6 is 0 Å². The lowest BCUT2D eigenvalue weighted by Gasteiger charge is -2.20. The Morgan fingerprint density at radius 2 is 1.36 bits per heavy atom. The molecule has 0 radical (unpaired) electrons. The minimum Gasteiger partial charge on any atom is -0.494 e. The summed E-state index contributed by atoms with van der Waals surface area (Å²) < 4.78 is 21.7. The van der Waals surface area contributed by atoms with Crippen LogP contribution in [-0.4, -0.2) is 58.7 Å². The van der Waals surface area contributed by atoms with E-state index in [2.05, 4.69) is 10.6 Å². The summed E-state index contributed by atoms with van der Waals surface area (Å²) in [7, 11) is 7.97. The number of ether oxygens (including phenoxy) is 4. The Labute approximate surface area is 210 Å². The van der Waals surface area contributed by atoms with Gasteiger partial charge in [0.05, 0.1) is 46.4 Å². The van der Waals surface area contributed by atoms with Gasteiger partial charge in [0.1, 0.15) is 11.5 Å². The number of rotatable bonds is 11. The molecular formula is C27H31N3O6. The summed E-state index contributed by atoms with van der Waals surface area (Å²) >= 11 is 0. The van der Waals surface area contributed by atoms with E-state index in [1.54, 1.807) is 50.6 Å². The average molecular weight is 494 g/mol. The van der Waals surface area contributed by atoms with Gasteiger partial charge in [0.15, 0.2) is 11.5 Å². The van der Waals surface area contributed by atoms with Crippen molar-refractivity contribution in [1.82, 2.24) is 4.90 Å². The summed E-state index contributed by atoms with van der Waals surface area (Å²) in [6.07, 6.45) is 0. The molecule has 3 aromatic rings. The highest BCUT2D eigenvalue weighted by atomic mass is 16.5. The first-order valence-electron chi connectivity index (χ1n) is 11.2. The zero-order valence-electron chi connectivity index (χ0n) is 21.1. The molecule has 9 heteroatoms. The van der Waals surface area contributed by atoms with Crippen molar-refractivity contribution in [2.24, 2.45) is 0 Å². The molecular weight excluding hydrogens is 462 g/mol. The third-order valence-electron chi connectivity index (χ3n) is 5.42. The van der Waals surface area contributed by atoms with E-state index in [9.17, 15) is 9.59 Å². The molecule has 9 nitrogen and oxygen atoms in total. The smallest absolute Gasteiger partial charge is 0.255 e. The molecule has 190 valence electrons. The first kappa shape index (κ1) is 26.4. The van der Waals surface area contributed by atoms with Gasteiger partial charge in [-0.15, -0.1) is 0 Å². The molecule has 0 aliphatic heterocycles. The van der Waals surface area contributed by atoms with Crippen LogP contribution in [0.15, 0.2) is 60.7 Å². The van der Waals surface area contributed by atoms with E-state index >= 15 is 0 Å². The van der Waals surface area contributed by atoms with Crippen LogP contribution in [0.5, 0.6) is 23.0 Å². The second-order valence-electron chi connectivity index (χ2n) is 7.95. The minimum atomic E-state index is -0.290. The highest BCUT2D eigenvalue weighted by molar-refractivity contribution is 6.05. The fourth-order valence-electron chi connectivity index (χ4n) is 3.74. The summed E-state index contributed by atoms with van der Waals surface area (Å²) in [5.74, 6) is 1.48. The molecule has 0 aliphatic rings. The van der Waals surface area contributed by atoms with Crippen LogP contribution < -0.4 is 29.6 Å². The number of likely N-dealkylation sites (N-methyl/N-ethyl adjacent to an activating group) is 1. The molecule has 2 amide bonds. The second-order valence-corrected chi connectivity index (χ2v) is 7.95. The number of hydrogen-bond donors (Lipinski definition) is 2. The summed E-state index contributed by atoms with van der Waals surface area (Å²) in [5, 5.41) is 5.69. The monoisotopic (exact) mass is 493 g/mol. The molecule has 0 aromatic heterocycles. The van der Waals surface area contributed by atoms with Gasteiger partial charge in [-0.3, -0.25) is 14.5 Å². The maximum Gasteiger partial charge on any atom is 0.255 e. The molecule has 0 saturated carbocycles. The summed E-state index contributed by atoms with van der Waals surface area (Å²) in [5.41, 5.74) is 2.24. The number of carbonyl (C=O) groups is 2. The zero-order chi connectivity index (χ0) is 26.1. The standard InChI is InChI=1S/C27H31N3O6/c1-30(16-19-12-9-13-22(33-2)26(19)36-5)17-25(31)28-20-14-24(35-4)21(15-23(20)34-3)29-27(32)18-10-7-6-8-11-18/h6-15H,16-17H2,1-5H3,(H,28,31)(H,29,32). The third-order valence-corrected chi connectivity index (χ3v) is 5.42. The van der Waals surface area contributed by atoms with Crippen molar-refractivity contribution >= 4 is 23.2 Å². The lowest BCUT2D eigenvalue weighted by Crippen LogP contribution is -2.30. The van der Waals surface area contributed by atoms with Gasteiger partial charge in [-0.2, -0.15) is 0 Å². The number of nitrogens with one attached hydrogen (secondary N) is 2. The fourth-order valence-corrected chi connectivity index (χ4v) is 3.74. The van der Waals surface area contributed by atoms with Crippen LogP contribution in [0.3, 0.4) is 0 Å². The molecule has 3 aromatic carbocycles. The van der Waals surface area contributed by atoms with Crippen LogP contribution in [0.2, 0.25) is 0 Å². The first-order chi connectivity index (χ1) is 17.4. The van der Waals surface area contributed by atoms with Crippen molar-refractivity contribution in [2.45, 2.75) is 6.54 Å². The molecule has 0 heterocycles. The van der Waals surface area contributed by atoms with Gasteiger partial charge in [-0.25, -0.2) is 0 Å². The van der Waals surface area contributed by atoms with Gasteiger partial charge in [0.25, 0.3) is 5.91 Å². The molecule has 0 fully saturated rings. The SMILES string of the molecule is COc1cc(NC(=O)c2ccccc2)c(OC)cc1NC(=O)CN(C)Cc1cccc(OC)c1OC. The van der Waals surface area contributed by atoms with Crippen molar-refractivity contribution in [2.75, 3.05) is 52.7 Å². The molecule has 3 rings (SSSR count). The van der Waals surface area contributed by atoms with Gasteiger partial charge in [0, 0.05) is 29.8 Å². The van der Waals surface area contributed by atoms with Gasteiger partial charge in [0.2, 0.25) is 5.91 Å². The van der Waals surface area contributed by atoms with E-state index < -0.39 is 0 Å². The Kier molecular flexibility index (Phi) is 9.13. The van der Waals surface area contributed by atoms with Crippen molar-refractivity contribution < 1.29 is 28.5 Å². The van der Waals surface area contributed by atoms with E-state index in [1.807, 2.05) is 36.2 Å². The second kappa shape index (κ2) is 12.5. The van der Waals surface area contributed by atoms with Gasteiger partial charge in [-0.1, -0.05) is 30.3 Å². The number of methoxy groups -OCH3 is 4. The van der Waals surface area contributed by atoms with E-state index in [0.717, 1.165) is 5.56 Å². The molecule has 0 unspecified atom stereocenters. The van der Waals surface area contributed by atoms with E-state index in [-0.39, 0.29) is 18.4 Å². The highest BCUT2D eigenvalue weighted by Gasteiger charge is 2.18. The fraction of sp³-hybridized carbons (Fsp3) is 0.259. The number of hydrogen-bond acceptors (Lipinski definition) is 7. The van der Waals surface area contributed by atoms with Gasteiger partial charge >= 0.3 is 0 Å². The van der Waals surface area contributed by atoms with Gasteiger partial charge < -0.3 is 29.6 Å². The molecule has 0 spiro atoms. The first-order valence-corrected chi connectivity index (χ1v) is 11.2. The lowest BCUT2D eigenvalue weighted by atomic mass is 10.1.